The minimum atomic E-state index is 0.599. The number of rotatable bonds is 2. The van der Waals surface area contributed by atoms with Crippen LogP contribution in [0.4, 0.5) is 0 Å². The van der Waals surface area contributed by atoms with Gasteiger partial charge in [-0.05, 0) is 18.9 Å². The number of thioether (sulfide) groups is 1. The van der Waals surface area contributed by atoms with E-state index < -0.39 is 0 Å². The number of nitrogens with zero attached hydrogens (tertiary/aromatic N) is 3. The van der Waals surface area contributed by atoms with Crippen LogP contribution in [-0.4, -0.2) is 33.4 Å². The van der Waals surface area contributed by atoms with Crippen LogP contribution in [0.3, 0.4) is 0 Å². The monoisotopic (exact) mass is 247 g/mol. The molecule has 2 aromatic rings. The molecule has 3 rings (SSSR count). The van der Waals surface area contributed by atoms with Crippen LogP contribution in [0.25, 0.3) is 10.9 Å². The molecule has 0 radical (unpaired) electrons. The minimum Gasteiger partial charge on any atom is -0.381 e. The van der Waals surface area contributed by atoms with Gasteiger partial charge in [-0.3, -0.25) is 4.98 Å². The molecule has 0 amide bonds. The second kappa shape index (κ2) is 4.98. The molecule has 0 aromatic carbocycles. The van der Waals surface area contributed by atoms with Crippen molar-refractivity contribution < 1.29 is 4.74 Å². The fourth-order valence-electron chi connectivity index (χ4n) is 1.92. The van der Waals surface area contributed by atoms with Gasteiger partial charge in [0, 0.05) is 30.9 Å². The summed E-state index contributed by atoms with van der Waals surface area (Å²) in [4.78, 5) is 12.8. The summed E-state index contributed by atoms with van der Waals surface area (Å²) in [6, 6.07) is 1.92. The van der Waals surface area contributed by atoms with E-state index in [0.29, 0.717) is 5.25 Å². The van der Waals surface area contributed by atoms with Crippen LogP contribution >= 0.6 is 11.8 Å². The van der Waals surface area contributed by atoms with Gasteiger partial charge in [-0.15, -0.1) is 11.8 Å². The van der Waals surface area contributed by atoms with Crippen LogP contribution in [0.15, 0.2) is 29.8 Å². The predicted octanol–water partition coefficient (Wildman–Crippen LogP) is 2.30. The average molecular weight is 247 g/mol. The Bertz CT molecular complexity index is 509. The molecule has 17 heavy (non-hydrogen) atoms. The third-order valence-corrected chi connectivity index (χ3v) is 4.20. The normalized spacial score (nSPS) is 17.4. The van der Waals surface area contributed by atoms with Crippen molar-refractivity contribution in [2.45, 2.75) is 23.1 Å². The molecular formula is C12H13N3OS. The van der Waals surface area contributed by atoms with Gasteiger partial charge in [-0.2, -0.15) is 0 Å². The summed E-state index contributed by atoms with van der Waals surface area (Å²) >= 11 is 1.82. The first-order valence-electron chi connectivity index (χ1n) is 5.72. The van der Waals surface area contributed by atoms with Gasteiger partial charge in [0.1, 0.15) is 11.4 Å². The molecular weight excluding hydrogens is 234 g/mol. The third-order valence-electron chi connectivity index (χ3n) is 2.85. The van der Waals surface area contributed by atoms with Gasteiger partial charge in [-0.1, -0.05) is 0 Å². The van der Waals surface area contributed by atoms with Crippen molar-refractivity contribution in [1.29, 1.82) is 0 Å². The second-order valence-electron chi connectivity index (χ2n) is 4.00. The molecule has 1 saturated heterocycles. The first kappa shape index (κ1) is 10.9. The number of hydrogen-bond donors (Lipinski definition) is 0. The second-order valence-corrected chi connectivity index (χ2v) is 5.29. The van der Waals surface area contributed by atoms with E-state index in [0.717, 1.165) is 42.0 Å². The minimum absolute atomic E-state index is 0.599. The topological polar surface area (TPSA) is 47.9 Å². The van der Waals surface area contributed by atoms with E-state index in [1.165, 1.54) is 0 Å². The maximum atomic E-state index is 5.37. The number of pyridine rings is 1. The zero-order chi connectivity index (χ0) is 11.5. The van der Waals surface area contributed by atoms with Crippen molar-refractivity contribution in [2.24, 2.45) is 0 Å². The predicted molar refractivity (Wildman–Crippen MR) is 67.0 cm³/mol. The molecule has 0 spiro atoms. The van der Waals surface area contributed by atoms with E-state index in [9.17, 15) is 0 Å². The van der Waals surface area contributed by atoms with Crippen molar-refractivity contribution in [3.05, 3.63) is 24.8 Å². The zero-order valence-corrected chi connectivity index (χ0v) is 10.2. The number of hydrogen-bond acceptors (Lipinski definition) is 5. The van der Waals surface area contributed by atoms with Crippen molar-refractivity contribution in [3.8, 4) is 0 Å². The van der Waals surface area contributed by atoms with Crippen LogP contribution in [0.2, 0.25) is 0 Å². The van der Waals surface area contributed by atoms with E-state index in [4.69, 9.17) is 4.74 Å². The molecule has 0 saturated carbocycles. The summed E-state index contributed by atoms with van der Waals surface area (Å²) in [7, 11) is 0. The van der Waals surface area contributed by atoms with Crippen molar-refractivity contribution in [2.75, 3.05) is 13.2 Å². The van der Waals surface area contributed by atoms with Crippen molar-refractivity contribution >= 4 is 22.7 Å². The quantitative estimate of drug-likeness (QED) is 0.762. The molecule has 88 valence electrons. The molecule has 2 aromatic heterocycles. The Labute approximate surface area is 104 Å². The van der Waals surface area contributed by atoms with Gasteiger partial charge in [0.05, 0.1) is 10.9 Å². The molecule has 0 N–H and O–H groups in total. The lowest BCUT2D eigenvalue weighted by atomic mass is 10.2. The largest absolute Gasteiger partial charge is 0.381 e. The van der Waals surface area contributed by atoms with Crippen LogP contribution in [-0.2, 0) is 4.74 Å². The fraction of sp³-hybridized carbons (Fsp3) is 0.417. The van der Waals surface area contributed by atoms with Gasteiger partial charge < -0.3 is 4.74 Å². The molecule has 1 aliphatic rings. The Balaban J connectivity index is 1.89. The highest BCUT2D eigenvalue weighted by Gasteiger charge is 2.17. The molecule has 4 nitrogen and oxygen atoms in total. The van der Waals surface area contributed by atoms with Gasteiger partial charge in [0.25, 0.3) is 0 Å². The number of ether oxygens (including phenoxy) is 1. The molecule has 0 unspecified atom stereocenters. The van der Waals surface area contributed by atoms with Crippen LogP contribution < -0.4 is 0 Å². The summed E-state index contributed by atoms with van der Waals surface area (Å²) in [5.74, 6) is 0. The molecule has 1 aliphatic heterocycles. The van der Waals surface area contributed by atoms with E-state index in [-0.39, 0.29) is 0 Å². The first-order chi connectivity index (χ1) is 8.43. The SMILES string of the molecule is c1cc2ncnc(SC3CCOCC3)c2cn1. The molecule has 5 heteroatoms. The van der Waals surface area contributed by atoms with E-state index >= 15 is 0 Å². The summed E-state index contributed by atoms with van der Waals surface area (Å²) in [6.45, 7) is 1.72. The van der Waals surface area contributed by atoms with Gasteiger partial charge in [0.15, 0.2) is 0 Å². The lowest BCUT2D eigenvalue weighted by molar-refractivity contribution is 0.1000. The van der Waals surface area contributed by atoms with Gasteiger partial charge >= 0.3 is 0 Å². The van der Waals surface area contributed by atoms with Crippen LogP contribution in [0.5, 0.6) is 0 Å². The van der Waals surface area contributed by atoms with E-state index in [1.54, 1.807) is 12.5 Å². The Morgan fingerprint density at radius 2 is 2.12 bits per heavy atom. The zero-order valence-electron chi connectivity index (χ0n) is 9.37. The number of aromatic nitrogens is 3. The maximum Gasteiger partial charge on any atom is 0.117 e. The highest BCUT2D eigenvalue weighted by molar-refractivity contribution is 8.00. The van der Waals surface area contributed by atoms with E-state index in [2.05, 4.69) is 15.0 Å². The summed E-state index contributed by atoms with van der Waals surface area (Å²) in [6.07, 6.45) is 7.42. The maximum absolute atomic E-state index is 5.37. The van der Waals surface area contributed by atoms with Crippen molar-refractivity contribution in [1.82, 2.24) is 15.0 Å². The molecule has 1 fully saturated rings. The summed E-state index contributed by atoms with van der Waals surface area (Å²) in [5.41, 5.74) is 0.963. The molecule has 0 bridgehead atoms. The highest BCUT2D eigenvalue weighted by atomic mass is 32.2. The Morgan fingerprint density at radius 3 is 3.00 bits per heavy atom. The van der Waals surface area contributed by atoms with E-state index in [1.807, 2.05) is 24.0 Å². The molecule has 3 heterocycles. The Kier molecular flexibility index (Phi) is 3.20. The molecule has 0 aliphatic carbocycles. The highest BCUT2D eigenvalue weighted by Crippen LogP contribution is 2.31. The standard InChI is InChI=1S/C12H13N3OS/c1-4-13-7-10-11(1)14-8-15-12(10)17-9-2-5-16-6-3-9/h1,4,7-9H,2-3,5-6H2. The van der Waals surface area contributed by atoms with Gasteiger partial charge in [0.2, 0.25) is 0 Å². The molecule has 0 atom stereocenters. The van der Waals surface area contributed by atoms with Crippen LogP contribution in [0.1, 0.15) is 12.8 Å². The Morgan fingerprint density at radius 1 is 1.24 bits per heavy atom. The van der Waals surface area contributed by atoms with Crippen LogP contribution in [0, 0.1) is 0 Å². The Hall–Kier alpha value is -1.20. The van der Waals surface area contributed by atoms with Gasteiger partial charge in [-0.25, -0.2) is 9.97 Å². The third kappa shape index (κ3) is 2.40. The first-order valence-corrected chi connectivity index (χ1v) is 6.60. The average Bonchev–Trinajstić information content (AvgIpc) is 2.40. The summed E-state index contributed by atoms with van der Waals surface area (Å²) < 4.78 is 5.37. The fourth-order valence-corrected chi connectivity index (χ4v) is 3.06. The number of fused-ring (bicyclic) bond motifs is 1. The van der Waals surface area contributed by atoms with Crippen molar-refractivity contribution in [3.63, 3.8) is 0 Å². The lowest BCUT2D eigenvalue weighted by Gasteiger charge is -2.21. The smallest absolute Gasteiger partial charge is 0.117 e. The summed E-state index contributed by atoms with van der Waals surface area (Å²) in [5, 5.41) is 2.68. The lowest BCUT2D eigenvalue weighted by Crippen LogP contribution is -2.17.